The predicted octanol–water partition coefficient (Wildman–Crippen LogP) is 7.05. The molecule has 176 valence electrons. The third kappa shape index (κ3) is 7.50. The highest BCUT2D eigenvalue weighted by molar-refractivity contribution is 7.99. The van der Waals surface area contributed by atoms with E-state index in [0.717, 1.165) is 48.0 Å². The SMILES string of the molecule is CCCCn1c(SCCCNC(=O)CC(C)(C)C)nc(-c2ccccc2)c1-c1ccccc1. The summed E-state index contributed by atoms with van der Waals surface area (Å²) in [6, 6.07) is 21.0. The van der Waals surface area contributed by atoms with E-state index in [1.807, 2.05) is 6.07 Å². The minimum Gasteiger partial charge on any atom is -0.356 e. The molecule has 2 aromatic carbocycles. The Hall–Kier alpha value is -2.53. The molecule has 0 unspecified atom stereocenters. The molecule has 4 nitrogen and oxygen atoms in total. The summed E-state index contributed by atoms with van der Waals surface area (Å²) in [6.45, 7) is 10.2. The van der Waals surface area contributed by atoms with Crippen LogP contribution in [0.2, 0.25) is 0 Å². The van der Waals surface area contributed by atoms with E-state index in [-0.39, 0.29) is 11.3 Å². The zero-order valence-electron chi connectivity index (χ0n) is 20.4. The maximum atomic E-state index is 12.1. The molecule has 5 heteroatoms. The number of nitrogens with one attached hydrogen (secondary N) is 1. The van der Waals surface area contributed by atoms with Crippen LogP contribution in [-0.2, 0) is 11.3 Å². The first kappa shape index (κ1) is 25.1. The van der Waals surface area contributed by atoms with Crippen LogP contribution in [0.3, 0.4) is 0 Å². The van der Waals surface area contributed by atoms with E-state index in [2.05, 4.69) is 92.2 Å². The van der Waals surface area contributed by atoms with Crippen molar-refractivity contribution in [1.29, 1.82) is 0 Å². The lowest BCUT2D eigenvalue weighted by Gasteiger charge is -2.17. The zero-order chi connectivity index (χ0) is 23.7. The third-order valence-electron chi connectivity index (χ3n) is 5.33. The zero-order valence-corrected chi connectivity index (χ0v) is 21.3. The summed E-state index contributed by atoms with van der Waals surface area (Å²) in [6.07, 6.45) is 3.73. The lowest BCUT2D eigenvalue weighted by Crippen LogP contribution is -2.28. The van der Waals surface area contributed by atoms with E-state index in [1.54, 1.807) is 11.8 Å². The van der Waals surface area contributed by atoms with Crippen molar-refractivity contribution in [3.05, 3.63) is 60.7 Å². The number of hydrogen-bond acceptors (Lipinski definition) is 3. The molecule has 0 aliphatic rings. The number of aromatic nitrogens is 2. The van der Waals surface area contributed by atoms with Gasteiger partial charge in [-0.25, -0.2) is 4.98 Å². The number of nitrogens with zero attached hydrogens (tertiary/aromatic N) is 2. The molecule has 1 amide bonds. The molecule has 33 heavy (non-hydrogen) atoms. The van der Waals surface area contributed by atoms with Gasteiger partial charge in [0.05, 0.1) is 11.4 Å². The van der Waals surface area contributed by atoms with Crippen LogP contribution < -0.4 is 5.32 Å². The Morgan fingerprint density at radius 2 is 1.61 bits per heavy atom. The number of unbranched alkanes of at least 4 members (excludes halogenated alkanes) is 1. The Kier molecular flexibility index (Phi) is 9.19. The van der Waals surface area contributed by atoms with Crippen molar-refractivity contribution in [2.24, 2.45) is 5.41 Å². The van der Waals surface area contributed by atoms with Gasteiger partial charge in [0.1, 0.15) is 0 Å². The van der Waals surface area contributed by atoms with Crippen molar-refractivity contribution in [3.8, 4) is 22.5 Å². The number of amides is 1. The normalized spacial score (nSPS) is 11.5. The first-order valence-corrected chi connectivity index (χ1v) is 13.0. The van der Waals surface area contributed by atoms with Crippen LogP contribution in [0.15, 0.2) is 65.8 Å². The van der Waals surface area contributed by atoms with Gasteiger partial charge in [-0.2, -0.15) is 0 Å². The van der Waals surface area contributed by atoms with Gasteiger partial charge in [0.25, 0.3) is 0 Å². The minimum atomic E-state index is 0.0184. The average molecular weight is 464 g/mol. The number of carbonyl (C=O) groups is 1. The molecule has 0 atom stereocenters. The van der Waals surface area contributed by atoms with Gasteiger partial charge < -0.3 is 9.88 Å². The van der Waals surface area contributed by atoms with E-state index in [9.17, 15) is 4.79 Å². The molecule has 3 rings (SSSR count). The van der Waals surface area contributed by atoms with Gasteiger partial charge >= 0.3 is 0 Å². The number of hydrogen-bond donors (Lipinski definition) is 1. The van der Waals surface area contributed by atoms with Gasteiger partial charge in [-0.05, 0) is 18.3 Å². The number of thioether (sulfide) groups is 1. The molecule has 0 aliphatic heterocycles. The molecular formula is C28H37N3OS. The van der Waals surface area contributed by atoms with Crippen LogP contribution in [-0.4, -0.2) is 27.8 Å². The summed E-state index contributed by atoms with van der Waals surface area (Å²) in [5.74, 6) is 1.05. The van der Waals surface area contributed by atoms with Gasteiger partial charge in [0, 0.05) is 36.4 Å². The summed E-state index contributed by atoms with van der Waals surface area (Å²) in [5, 5.41) is 4.12. The van der Waals surface area contributed by atoms with Crippen molar-refractivity contribution in [2.75, 3.05) is 12.3 Å². The highest BCUT2D eigenvalue weighted by atomic mass is 32.2. The fourth-order valence-electron chi connectivity index (χ4n) is 3.76. The topological polar surface area (TPSA) is 46.9 Å². The van der Waals surface area contributed by atoms with E-state index in [4.69, 9.17) is 4.98 Å². The second-order valence-electron chi connectivity index (χ2n) is 9.62. The molecule has 0 bridgehead atoms. The van der Waals surface area contributed by atoms with Crippen molar-refractivity contribution in [1.82, 2.24) is 14.9 Å². The van der Waals surface area contributed by atoms with Crippen molar-refractivity contribution in [3.63, 3.8) is 0 Å². The quantitative estimate of drug-likeness (QED) is 0.245. The summed E-state index contributed by atoms with van der Waals surface area (Å²) in [7, 11) is 0. The van der Waals surface area contributed by atoms with Crippen LogP contribution in [0.4, 0.5) is 0 Å². The van der Waals surface area contributed by atoms with E-state index in [0.29, 0.717) is 13.0 Å². The average Bonchev–Trinajstić information content (AvgIpc) is 3.15. The Morgan fingerprint density at radius 3 is 2.21 bits per heavy atom. The van der Waals surface area contributed by atoms with Crippen LogP contribution in [0, 0.1) is 5.41 Å². The van der Waals surface area contributed by atoms with Crippen LogP contribution >= 0.6 is 11.8 Å². The molecule has 1 N–H and O–H groups in total. The summed E-state index contributed by atoms with van der Waals surface area (Å²) < 4.78 is 2.39. The van der Waals surface area contributed by atoms with Crippen molar-refractivity contribution >= 4 is 17.7 Å². The van der Waals surface area contributed by atoms with Gasteiger partial charge in [-0.1, -0.05) is 107 Å². The van der Waals surface area contributed by atoms with E-state index in [1.165, 1.54) is 11.3 Å². The van der Waals surface area contributed by atoms with Gasteiger partial charge in [-0.3, -0.25) is 4.79 Å². The second-order valence-corrected chi connectivity index (χ2v) is 10.7. The smallest absolute Gasteiger partial charge is 0.220 e. The second kappa shape index (κ2) is 12.1. The minimum absolute atomic E-state index is 0.0184. The molecular weight excluding hydrogens is 426 g/mol. The number of benzene rings is 2. The van der Waals surface area contributed by atoms with Crippen LogP contribution in [0.5, 0.6) is 0 Å². The fraction of sp³-hybridized carbons (Fsp3) is 0.429. The number of rotatable bonds is 11. The van der Waals surface area contributed by atoms with Crippen molar-refractivity contribution in [2.45, 2.75) is 65.1 Å². The molecule has 1 aromatic heterocycles. The fourth-order valence-corrected chi connectivity index (χ4v) is 4.73. The first-order chi connectivity index (χ1) is 15.9. The van der Waals surface area contributed by atoms with Gasteiger partial charge in [-0.15, -0.1) is 0 Å². The Labute approximate surface area is 203 Å². The van der Waals surface area contributed by atoms with Gasteiger partial charge in [0.2, 0.25) is 5.91 Å². The lowest BCUT2D eigenvalue weighted by atomic mass is 9.92. The molecule has 1 heterocycles. The van der Waals surface area contributed by atoms with E-state index >= 15 is 0 Å². The van der Waals surface area contributed by atoms with Gasteiger partial charge in [0.15, 0.2) is 5.16 Å². The third-order valence-corrected chi connectivity index (χ3v) is 6.39. The monoisotopic (exact) mass is 463 g/mol. The van der Waals surface area contributed by atoms with Crippen LogP contribution in [0.1, 0.15) is 53.4 Å². The molecule has 0 spiro atoms. The lowest BCUT2D eigenvalue weighted by molar-refractivity contribution is -0.122. The van der Waals surface area contributed by atoms with E-state index < -0.39 is 0 Å². The largest absolute Gasteiger partial charge is 0.356 e. The molecule has 0 fully saturated rings. The molecule has 3 aromatic rings. The Bertz CT molecular complexity index is 1010. The highest BCUT2D eigenvalue weighted by Gasteiger charge is 2.20. The highest BCUT2D eigenvalue weighted by Crippen LogP contribution is 2.36. The number of carbonyl (C=O) groups excluding carboxylic acids is 1. The summed E-state index contributed by atoms with van der Waals surface area (Å²) in [5.41, 5.74) is 4.59. The Morgan fingerprint density at radius 1 is 0.970 bits per heavy atom. The van der Waals surface area contributed by atoms with Crippen molar-refractivity contribution < 1.29 is 4.79 Å². The molecule has 0 saturated carbocycles. The van der Waals surface area contributed by atoms with Crippen LogP contribution in [0.25, 0.3) is 22.5 Å². The standard InChI is InChI=1S/C28H37N3OS/c1-5-6-19-31-26(23-16-11-8-12-17-23)25(22-14-9-7-10-15-22)30-27(31)33-20-13-18-29-24(32)21-28(2,3)4/h7-12,14-17H,5-6,13,18-21H2,1-4H3,(H,29,32). The summed E-state index contributed by atoms with van der Waals surface area (Å²) in [4.78, 5) is 17.2. The molecule has 0 aliphatic carbocycles. The maximum absolute atomic E-state index is 12.1. The first-order valence-electron chi connectivity index (χ1n) is 12.0. The molecule has 0 radical (unpaired) electrons. The predicted molar refractivity (Wildman–Crippen MR) is 140 cm³/mol. The summed E-state index contributed by atoms with van der Waals surface area (Å²) >= 11 is 1.79. The number of imidazole rings is 1. The molecule has 0 saturated heterocycles. The Balaban J connectivity index is 1.79. The maximum Gasteiger partial charge on any atom is 0.220 e.